The Bertz CT molecular complexity index is 628. The molecule has 3 aliphatic rings. The standard InChI is InChI=1S/C18H27N5O2/c1-12(24)20-16-11-23(10-15(16)13-2-3-13)18-19-7-4-17(21-18)22-8-5-14(25)6-9-22/h4,7,13-16,25H,2-3,5-6,8-11H2,1H3,(H,20,24)/t15-,16+/m1/s1. The van der Waals surface area contributed by atoms with E-state index in [2.05, 4.69) is 20.1 Å². The molecule has 25 heavy (non-hydrogen) atoms. The van der Waals surface area contributed by atoms with Crippen LogP contribution in [0.2, 0.25) is 0 Å². The molecule has 1 aromatic rings. The zero-order valence-electron chi connectivity index (χ0n) is 14.8. The predicted octanol–water partition coefficient (Wildman–Crippen LogP) is 0.789. The van der Waals surface area contributed by atoms with Crippen LogP contribution in [0.15, 0.2) is 12.3 Å². The van der Waals surface area contributed by atoms with Gasteiger partial charge in [-0.15, -0.1) is 0 Å². The topological polar surface area (TPSA) is 81.6 Å². The molecule has 3 heterocycles. The van der Waals surface area contributed by atoms with E-state index in [4.69, 9.17) is 4.98 Å². The molecule has 1 aliphatic carbocycles. The first-order valence-corrected chi connectivity index (χ1v) is 9.38. The van der Waals surface area contributed by atoms with Gasteiger partial charge in [-0.2, -0.15) is 4.98 Å². The fourth-order valence-electron chi connectivity index (χ4n) is 4.17. The molecule has 1 aromatic heterocycles. The molecule has 4 rings (SSSR count). The highest BCUT2D eigenvalue weighted by Gasteiger charge is 2.43. The number of aliphatic hydroxyl groups excluding tert-OH is 1. The first-order chi connectivity index (χ1) is 12.1. The van der Waals surface area contributed by atoms with Gasteiger partial charge in [0, 0.05) is 45.2 Å². The molecule has 0 radical (unpaired) electrons. The Morgan fingerprint density at radius 1 is 1.20 bits per heavy atom. The monoisotopic (exact) mass is 345 g/mol. The van der Waals surface area contributed by atoms with Crippen molar-refractivity contribution < 1.29 is 9.90 Å². The second kappa shape index (κ2) is 6.78. The Hall–Kier alpha value is -1.89. The molecule has 1 amide bonds. The maximum atomic E-state index is 11.5. The van der Waals surface area contributed by atoms with Crippen molar-refractivity contribution in [3.05, 3.63) is 12.3 Å². The summed E-state index contributed by atoms with van der Waals surface area (Å²) in [6.07, 6.45) is 5.75. The Balaban J connectivity index is 1.48. The first kappa shape index (κ1) is 16.6. The van der Waals surface area contributed by atoms with E-state index in [1.54, 1.807) is 6.92 Å². The minimum Gasteiger partial charge on any atom is -0.393 e. The molecule has 7 heteroatoms. The number of carbonyl (C=O) groups excluding carboxylic acids is 1. The van der Waals surface area contributed by atoms with Crippen LogP contribution in [0.4, 0.5) is 11.8 Å². The summed E-state index contributed by atoms with van der Waals surface area (Å²) < 4.78 is 0. The van der Waals surface area contributed by atoms with Crippen molar-refractivity contribution in [2.75, 3.05) is 36.0 Å². The number of anilines is 2. The van der Waals surface area contributed by atoms with E-state index in [0.717, 1.165) is 56.7 Å². The highest BCUT2D eigenvalue weighted by Crippen LogP contribution is 2.42. The summed E-state index contributed by atoms with van der Waals surface area (Å²) in [6, 6.07) is 2.14. The third kappa shape index (κ3) is 3.71. The molecular weight excluding hydrogens is 318 g/mol. The zero-order chi connectivity index (χ0) is 17.4. The van der Waals surface area contributed by atoms with E-state index in [0.29, 0.717) is 5.92 Å². The maximum Gasteiger partial charge on any atom is 0.227 e. The molecular formula is C18H27N5O2. The number of amides is 1. The van der Waals surface area contributed by atoms with E-state index in [-0.39, 0.29) is 18.1 Å². The Kier molecular flexibility index (Phi) is 4.50. The summed E-state index contributed by atoms with van der Waals surface area (Å²) in [5.41, 5.74) is 0. The third-order valence-corrected chi connectivity index (χ3v) is 5.68. The van der Waals surface area contributed by atoms with Crippen LogP contribution in [0.3, 0.4) is 0 Å². The maximum absolute atomic E-state index is 11.5. The minimum absolute atomic E-state index is 0.0408. The number of hydrogen-bond donors (Lipinski definition) is 2. The highest BCUT2D eigenvalue weighted by molar-refractivity contribution is 5.73. The Labute approximate surface area is 148 Å². The van der Waals surface area contributed by atoms with Crippen molar-refractivity contribution in [1.29, 1.82) is 0 Å². The van der Waals surface area contributed by atoms with Gasteiger partial charge in [0.2, 0.25) is 11.9 Å². The summed E-state index contributed by atoms with van der Waals surface area (Å²) in [7, 11) is 0. The Morgan fingerprint density at radius 2 is 1.96 bits per heavy atom. The van der Waals surface area contributed by atoms with E-state index < -0.39 is 0 Å². The molecule has 0 bridgehead atoms. The fourth-order valence-corrected chi connectivity index (χ4v) is 4.17. The Morgan fingerprint density at radius 3 is 2.64 bits per heavy atom. The SMILES string of the molecule is CC(=O)N[C@H]1CN(c2nccc(N3CCC(O)CC3)n2)C[C@@H]1C1CC1. The summed E-state index contributed by atoms with van der Waals surface area (Å²) in [4.78, 5) is 25.2. The van der Waals surface area contributed by atoms with Crippen LogP contribution in [-0.4, -0.2) is 59.3 Å². The molecule has 7 nitrogen and oxygen atoms in total. The first-order valence-electron chi connectivity index (χ1n) is 9.38. The van der Waals surface area contributed by atoms with Crippen molar-refractivity contribution in [2.45, 2.75) is 44.8 Å². The van der Waals surface area contributed by atoms with Gasteiger partial charge in [-0.3, -0.25) is 4.79 Å². The van der Waals surface area contributed by atoms with E-state index >= 15 is 0 Å². The van der Waals surface area contributed by atoms with Gasteiger partial charge in [0.25, 0.3) is 0 Å². The van der Waals surface area contributed by atoms with Crippen LogP contribution in [0.25, 0.3) is 0 Å². The second-order valence-electron chi connectivity index (χ2n) is 7.65. The summed E-state index contributed by atoms with van der Waals surface area (Å²) in [6.45, 7) is 4.95. The van der Waals surface area contributed by atoms with Crippen molar-refractivity contribution in [3.63, 3.8) is 0 Å². The van der Waals surface area contributed by atoms with Gasteiger partial charge in [-0.1, -0.05) is 0 Å². The lowest BCUT2D eigenvalue weighted by molar-refractivity contribution is -0.119. The van der Waals surface area contributed by atoms with Gasteiger partial charge < -0.3 is 20.2 Å². The van der Waals surface area contributed by atoms with Crippen LogP contribution < -0.4 is 15.1 Å². The number of aromatic nitrogens is 2. The van der Waals surface area contributed by atoms with Crippen LogP contribution in [0.1, 0.15) is 32.6 Å². The molecule has 0 spiro atoms. The number of carbonyl (C=O) groups is 1. The number of aliphatic hydroxyl groups is 1. The fraction of sp³-hybridized carbons (Fsp3) is 0.722. The number of nitrogens with one attached hydrogen (secondary N) is 1. The van der Waals surface area contributed by atoms with E-state index in [1.165, 1.54) is 12.8 Å². The van der Waals surface area contributed by atoms with Gasteiger partial charge in [0.15, 0.2) is 0 Å². The number of piperidine rings is 1. The van der Waals surface area contributed by atoms with E-state index in [9.17, 15) is 9.90 Å². The molecule has 0 aromatic carbocycles. The highest BCUT2D eigenvalue weighted by atomic mass is 16.3. The van der Waals surface area contributed by atoms with Gasteiger partial charge in [-0.05, 0) is 37.7 Å². The van der Waals surface area contributed by atoms with Crippen LogP contribution >= 0.6 is 0 Å². The van der Waals surface area contributed by atoms with Crippen LogP contribution in [0.5, 0.6) is 0 Å². The molecule has 3 fully saturated rings. The number of rotatable bonds is 4. The van der Waals surface area contributed by atoms with Crippen LogP contribution in [0, 0.1) is 11.8 Å². The van der Waals surface area contributed by atoms with Gasteiger partial charge in [0.1, 0.15) is 5.82 Å². The lowest BCUT2D eigenvalue weighted by Crippen LogP contribution is -2.40. The summed E-state index contributed by atoms with van der Waals surface area (Å²) in [5.74, 6) is 2.96. The average molecular weight is 345 g/mol. The molecule has 2 N–H and O–H groups in total. The van der Waals surface area contributed by atoms with E-state index in [1.807, 2.05) is 12.3 Å². The lowest BCUT2D eigenvalue weighted by atomic mass is 9.98. The molecule has 136 valence electrons. The summed E-state index contributed by atoms with van der Waals surface area (Å²) >= 11 is 0. The molecule has 1 saturated carbocycles. The number of nitrogens with zero attached hydrogens (tertiary/aromatic N) is 4. The predicted molar refractivity (Wildman–Crippen MR) is 95.5 cm³/mol. The van der Waals surface area contributed by atoms with Crippen molar-refractivity contribution in [2.24, 2.45) is 11.8 Å². The smallest absolute Gasteiger partial charge is 0.227 e. The zero-order valence-corrected chi connectivity index (χ0v) is 14.8. The summed E-state index contributed by atoms with van der Waals surface area (Å²) in [5, 5.41) is 12.8. The minimum atomic E-state index is -0.186. The normalized spacial score (nSPS) is 27.6. The number of hydrogen-bond acceptors (Lipinski definition) is 6. The van der Waals surface area contributed by atoms with Crippen molar-refractivity contribution >= 4 is 17.7 Å². The van der Waals surface area contributed by atoms with Gasteiger partial charge >= 0.3 is 0 Å². The van der Waals surface area contributed by atoms with Crippen molar-refractivity contribution in [3.8, 4) is 0 Å². The molecule has 2 aliphatic heterocycles. The molecule has 2 saturated heterocycles. The third-order valence-electron chi connectivity index (χ3n) is 5.68. The quantitative estimate of drug-likeness (QED) is 0.840. The molecule has 0 unspecified atom stereocenters. The van der Waals surface area contributed by atoms with Gasteiger partial charge in [-0.25, -0.2) is 4.98 Å². The largest absolute Gasteiger partial charge is 0.393 e. The van der Waals surface area contributed by atoms with Crippen LogP contribution in [-0.2, 0) is 4.79 Å². The lowest BCUT2D eigenvalue weighted by Gasteiger charge is -2.31. The molecule has 2 atom stereocenters. The second-order valence-corrected chi connectivity index (χ2v) is 7.65. The average Bonchev–Trinajstić information content (AvgIpc) is 3.36. The van der Waals surface area contributed by atoms with Gasteiger partial charge in [0.05, 0.1) is 12.1 Å². The van der Waals surface area contributed by atoms with Crippen molar-refractivity contribution in [1.82, 2.24) is 15.3 Å².